The van der Waals surface area contributed by atoms with Crippen LogP contribution in [0.15, 0.2) is 24.5 Å². The van der Waals surface area contributed by atoms with E-state index < -0.39 is 0 Å². The molecule has 0 saturated carbocycles. The second-order valence-corrected chi connectivity index (χ2v) is 6.90. The molecular formula is C17H21N3O2S. The summed E-state index contributed by atoms with van der Waals surface area (Å²) in [6.07, 6.45) is 5.34. The van der Waals surface area contributed by atoms with Crippen LogP contribution in [-0.4, -0.2) is 35.1 Å². The Balaban J connectivity index is 1.66. The number of carbonyl (C=O) groups excluding carboxylic acids is 1. The summed E-state index contributed by atoms with van der Waals surface area (Å²) in [5.74, 6) is 0.259. The zero-order valence-electron chi connectivity index (χ0n) is 13.4. The number of thiazole rings is 1. The Morgan fingerprint density at radius 2 is 2.17 bits per heavy atom. The van der Waals surface area contributed by atoms with Crippen molar-refractivity contribution in [2.45, 2.75) is 32.7 Å². The number of aryl methyl sites for hydroxylation is 2. The van der Waals surface area contributed by atoms with E-state index in [1.165, 1.54) is 16.9 Å². The Morgan fingerprint density at radius 1 is 1.39 bits per heavy atom. The number of nitrogens with zero attached hydrogens (tertiary/aromatic N) is 2. The maximum atomic E-state index is 12.5. The molecule has 0 spiro atoms. The summed E-state index contributed by atoms with van der Waals surface area (Å²) < 4.78 is 5.59. The van der Waals surface area contributed by atoms with Crippen molar-refractivity contribution in [3.63, 3.8) is 0 Å². The van der Waals surface area contributed by atoms with Gasteiger partial charge in [0.2, 0.25) is 0 Å². The van der Waals surface area contributed by atoms with Crippen LogP contribution in [0.2, 0.25) is 0 Å². The highest BCUT2D eigenvalue weighted by atomic mass is 32.1. The van der Waals surface area contributed by atoms with E-state index in [0.717, 1.165) is 28.4 Å². The van der Waals surface area contributed by atoms with E-state index in [9.17, 15) is 4.79 Å². The zero-order chi connectivity index (χ0) is 16.2. The third kappa shape index (κ3) is 3.76. The molecule has 1 saturated heterocycles. The van der Waals surface area contributed by atoms with Gasteiger partial charge in [0.05, 0.1) is 30.0 Å². The van der Waals surface area contributed by atoms with Crippen LogP contribution in [0, 0.1) is 12.8 Å². The fraction of sp³-hybridized carbons (Fsp3) is 0.471. The van der Waals surface area contributed by atoms with Crippen molar-refractivity contribution in [3.8, 4) is 0 Å². The number of hydrogen-bond acceptors (Lipinski definition) is 5. The molecular weight excluding hydrogens is 310 g/mol. The van der Waals surface area contributed by atoms with Crippen LogP contribution in [0.25, 0.3) is 0 Å². The molecule has 2 atom stereocenters. The average Bonchev–Trinajstić information content (AvgIpc) is 3.15. The number of pyridine rings is 1. The Hall–Kier alpha value is -1.79. The van der Waals surface area contributed by atoms with Gasteiger partial charge in [-0.1, -0.05) is 6.92 Å². The van der Waals surface area contributed by atoms with Gasteiger partial charge in [0, 0.05) is 18.3 Å². The first-order valence-electron chi connectivity index (χ1n) is 7.91. The molecule has 0 radical (unpaired) electrons. The van der Waals surface area contributed by atoms with Crippen molar-refractivity contribution in [1.29, 1.82) is 0 Å². The van der Waals surface area contributed by atoms with E-state index in [4.69, 9.17) is 4.74 Å². The van der Waals surface area contributed by atoms with Gasteiger partial charge >= 0.3 is 0 Å². The molecule has 3 rings (SSSR count). The number of carbonyl (C=O) groups is 1. The van der Waals surface area contributed by atoms with Gasteiger partial charge < -0.3 is 10.1 Å². The predicted molar refractivity (Wildman–Crippen MR) is 89.7 cm³/mol. The molecule has 1 amide bonds. The fourth-order valence-electron chi connectivity index (χ4n) is 2.83. The number of amides is 1. The highest BCUT2D eigenvalue weighted by molar-refractivity contribution is 7.13. The van der Waals surface area contributed by atoms with E-state index in [1.807, 2.05) is 19.1 Å². The molecule has 23 heavy (non-hydrogen) atoms. The van der Waals surface area contributed by atoms with Crippen molar-refractivity contribution in [3.05, 3.63) is 45.7 Å². The monoisotopic (exact) mass is 331 g/mol. The fourth-order valence-corrected chi connectivity index (χ4v) is 3.74. The molecule has 5 nitrogen and oxygen atoms in total. The third-order valence-electron chi connectivity index (χ3n) is 4.11. The second-order valence-electron chi connectivity index (χ2n) is 5.81. The molecule has 122 valence electrons. The average molecular weight is 331 g/mol. The maximum Gasteiger partial charge on any atom is 0.263 e. The first-order valence-corrected chi connectivity index (χ1v) is 8.72. The highest BCUT2D eigenvalue weighted by Gasteiger charge is 2.30. The number of aromatic nitrogens is 2. The Kier molecular flexibility index (Phi) is 5.03. The standard InChI is InChI=1S/C17H21N3O2S/c1-3-15-19-11(2)16(23-15)17(21)20-14-10-22-9-13(14)8-12-4-6-18-7-5-12/h4-7,13-14H,3,8-10H2,1-2H3,(H,20,21)/t13-,14+/m1/s1. The van der Waals surface area contributed by atoms with Gasteiger partial charge in [0.25, 0.3) is 5.91 Å². The van der Waals surface area contributed by atoms with E-state index in [0.29, 0.717) is 19.1 Å². The Bertz CT molecular complexity index is 672. The van der Waals surface area contributed by atoms with E-state index >= 15 is 0 Å². The lowest BCUT2D eigenvalue weighted by atomic mass is 9.95. The molecule has 2 aromatic rings. The molecule has 1 fully saturated rings. The summed E-state index contributed by atoms with van der Waals surface area (Å²) in [5.41, 5.74) is 2.03. The number of hydrogen-bond donors (Lipinski definition) is 1. The third-order valence-corrected chi connectivity index (χ3v) is 5.41. The molecule has 2 aromatic heterocycles. The van der Waals surface area contributed by atoms with Gasteiger partial charge in [-0.2, -0.15) is 0 Å². The van der Waals surface area contributed by atoms with Crippen molar-refractivity contribution >= 4 is 17.2 Å². The minimum atomic E-state index is -0.0325. The smallest absolute Gasteiger partial charge is 0.263 e. The van der Waals surface area contributed by atoms with Gasteiger partial charge in [-0.25, -0.2) is 4.98 Å². The lowest BCUT2D eigenvalue weighted by Gasteiger charge is -2.18. The molecule has 6 heteroatoms. The molecule has 3 heterocycles. The van der Waals surface area contributed by atoms with Crippen LogP contribution in [0.5, 0.6) is 0 Å². The number of nitrogens with one attached hydrogen (secondary N) is 1. The summed E-state index contributed by atoms with van der Waals surface area (Å²) in [6.45, 7) is 5.19. The largest absolute Gasteiger partial charge is 0.379 e. The van der Waals surface area contributed by atoms with Crippen molar-refractivity contribution < 1.29 is 9.53 Å². The van der Waals surface area contributed by atoms with E-state index in [-0.39, 0.29) is 11.9 Å². The minimum absolute atomic E-state index is 0.0325. The van der Waals surface area contributed by atoms with E-state index in [1.54, 1.807) is 12.4 Å². The van der Waals surface area contributed by atoms with Gasteiger partial charge in [0.1, 0.15) is 4.88 Å². The van der Waals surface area contributed by atoms with Gasteiger partial charge in [0.15, 0.2) is 0 Å². The van der Waals surface area contributed by atoms with Crippen LogP contribution in [0.3, 0.4) is 0 Å². The van der Waals surface area contributed by atoms with Crippen LogP contribution in [0.1, 0.15) is 32.9 Å². The number of rotatable bonds is 5. The lowest BCUT2D eigenvalue weighted by Crippen LogP contribution is -2.40. The summed E-state index contributed by atoms with van der Waals surface area (Å²) in [4.78, 5) is 21.7. The van der Waals surface area contributed by atoms with Crippen molar-refractivity contribution in [2.24, 2.45) is 5.92 Å². The molecule has 1 aliphatic heterocycles. The molecule has 0 unspecified atom stereocenters. The van der Waals surface area contributed by atoms with Gasteiger partial charge in [-0.05, 0) is 37.5 Å². The van der Waals surface area contributed by atoms with Crippen LogP contribution in [-0.2, 0) is 17.6 Å². The minimum Gasteiger partial charge on any atom is -0.379 e. The summed E-state index contributed by atoms with van der Waals surface area (Å²) in [6, 6.07) is 4.07. The Morgan fingerprint density at radius 3 is 2.87 bits per heavy atom. The molecule has 0 bridgehead atoms. The summed E-state index contributed by atoms with van der Waals surface area (Å²) >= 11 is 1.48. The highest BCUT2D eigenvalue weighted by Crippen LogP contribution is 2.22. The van der Waals surface area contributed by atoms with Crippen molar-refractivity contribution in [2.75, 3.05) is 13.2 Å². The molecule has 0 aliphatic carbocycles. The summed E-state index contributed by atoms with van der Waals surface area (Å²) in [7, 11) is 0. The number of ether oxygens (including phenoxy) is 1. The Labute approximate surface area is 140 Å². The normalized spacial score (nSPS) is 20.6. The van der Waals surface area contributed by atoms with E-state index in [2.05, 4.69) is 22.2 Å². The van der Waals surface area contributed by atoms with Crippen LogP contribution >= 0.6 is 11.3 Å². The SMILES string of the molecule is CCc1nc(C)c(C(=O)N[C@H]2COC[C@H]2Cc2ccncc2)s1. The first-order chi connectivity index (χ1) is 11.2. The van der Waals surface area contributed by atoms with Gasteiger partial charge in [-0.3, -0.25) is 9.78 Å². The van der Waals surface area contributed by atoms with Gasteiger partial charge in [-0.15, -0.1) is 11.3 Å². The molecule has 1 N–H and O–H groups in total. The quantitative estimate of drug-likeness (QED) is 0.914. The lowest BCUT2D eigenvalue weighted by molar-refractivity contribution is 0.0928. The second kappa shape index (κ2) is 7.19. The summed E-state index contributed by atoms with van der Waals surface area (Å²) in [5, 5.41) is 4.14. The van der Waals surface area contributed by atoms with Crippen LogP contribution in [0.4, 0.5) is 0 Å². The van der Waals surface area contributed by atoms with Crippen LogP contribution < -0.4 is 5.32 Å². The van der Waals surface area contributed by atoms with Crippen molar-refractivity contribution in [1.82, 2.24) is 15.3 Å². The topological polar surface area (TPSA) is 64.1 Å². The maximum absolute atomic E-state index is 12.5. The molecule has 1 aliphatic rings. The molecule has 0 aromatic carbocycles. The first kappa shape index (κ1) is 16.1. The zero-order valence-corrected chi connectivity index (χ0v) is 14.2. The predicted octanol–water partition coefficient (Wildman–Crippen LogP) is 2.40.